The highest BCUT2D eigenvalue weighted by Gasteiger charge is 2.15. The molecule has 0 aliphatic heterocycles. The van der Waals surface area contributed by atoms with Gasteiger partial charge in [0, 0.05) is 30.8 Å². The summed E-state index contributed by atoms with van der Waals surface area (Å²) in [6, 6.07) is 20.6. The Morgan fingerprint density at radius 1 is 0.821 bits per heavy atom. The third-order valence-electron chi connectivity index (χ3n) is 5.12. The number of aliphatic hydroxyl groups is 1. The predicted octanol–water partition coefficient (Wildman–Crippen LogP) is 5.73. The minimum atomic E-state index is -0.538. The molecule has 0 radical (unpaired) electrons. The molecule has 5 rings (SSSR count). The Kier molecular flexibility index (Phi) is 4.50. The standard InChI is InChI=1S/C22H17Br2N3O/c23-14-5-7-20-17(9-14)18-10-15(24)6-8-21(18)27(20)12-16(28)11-26-13-25-19-3-1-2-4-22(19)26/h1-10,13,16,28H,11-12H2/t16-/m1/s1. The van der Waals surface area contributed by atoms with E-state index in [1.54, 1.807) is 6.33 Å². The zero-order valence-electron chi connectivity index (χ0n) is 14.9. The summed E-state index contributed by atoms with van der Waals surface area (Å²) < 4.78 is 6.31. The molecule has 1 N–H and O–H groups in total. The van der Waals surface area contributed by atoms with Gasteiger partial charge in [-0.3, -0.25) is 0 Å². The SMILES string of the molecule is O[C@H](Cn1cnc2ccccc21)Cn1c2ccc(Br)cc2c2cc(Br)ccc21. The molecule has 5 aromatic rings. The van der Waals surface area contributed by atoms with Crippen LogP contribution in [0.4, 0.5) is 0 Å². The number of imidazole rings is 1. The lowest BCUT2D eigenvalue weighted by atomic mass is 10.2. The Bertz CT molecular complexity index is 1260. The number of halogens is 2. The Hall–Kier alpha value is -2.15. The molecule has 4 nitrogen and oxygen atoms in total. The van der Waals surface area contributed by atoms with E-state index in [9.17, 15) is 5.11 Å². The van der Waals surface area contributed by atoms with Crippen molar-refractivity contribution in [1.29, 1.82) is 0 Å². The van der Waals surface area contributed by atoms with Gasteiger partial charge in [0.25, 0.3) is 0 Å². The quantitative estimate of drug-likeness (QED) is 0.344. The highest BCUT2D eigenvalue weighted by Crippen LogP contribution is 2.33. The van der Waals surface area contributed by atoms with Crippen LogP contribution in [0.25, 0.3) is 32.8 Å². The van der Waals surface area contributed by atoms with Crippen LogP contribution in [-0.2, 0) is 13.1 Å². The zero-order valence-corrected chi connectivity index (χ0v) is 18.1. The van der Waals surface area contributed by atoms with Crippen LogP contribution in [-0.4, -0.2) is 25.3 Å². The van der Waals surface area contributed by atoms with Crippen molar-refractivity contribution < 1.29 is 5.11 Å². The van der Waals surface area contributed by atoms with Crippen LogP contribution < -0.4 is 0 Å². The molecule has 0 saturated carbocycles. The van der Waals surface area contributed by atoms with Crippen LogP contribution in [0.15, 0.2) is 75.9 Å². The average Bonchev–Trinajstić information content (AvgIpc) is 3.21. The first-order valence-electron chi connectivity index (χ1n) is 9.05. The topological polar surface area (TPSA) is 43.0 Å². The summed E-state index contributed by atoms with van der Waals surface area (Å²) >= 11 is 7.16. The number of nitrogens with zero attached hydrogens (tertiary/aromatic N) is 3. The average molecular weight is 499 g/mol. The van der Waals surface area contributed by atoms with Crippen molar-refractivity contribution in [3.63, 3.8) is 0 Å². The maximum atomic E-state index is 10.9. The van der Waals surface area contributed by atoms with Crippen molar-refractivity contribution in [2.24, 2.45) is 0 Å². The van der Waals surface area contributed by atoms with Crippen LogP contribution in [0.3, 0.4) is 0 Å². The fourth-order valence-corrected chi connectivity index (χ4v) is 4.62. The smallest absolute Gasteiger partial charge is 0.0959 e. The molecule has 6 heteroatoms. The summed E-state index contributed by atoms with van der Waals surface area (Å²) in [5.41, 5.74) is 4.22. The van der Waals surface area contributed by atoms with E-state index < -0.39 is 6.10 Å². The Balaban J connectivity index is 1.55. The summed E-state index contributed by atoms with van der Waals surface area (Å²) in [7, 11) is 0. The molecular formula is C22H17Br2N3O. The third-order valence-corrected chi connectivity index (χ3v) is 6.10. The Labute approximate surface area is 178 Å². The maximum Gasteiger partial charge on any atom is 0.0959 e. The zero-order chi connectivity index (χ0) is 19.3. The molecule has 0 saturated heterocycles. The van der Waals surface area contributed by atoms with Gasteiger partial charge in [0.2, 0.25) is 0 Å². The second-order valence-electron chi connectivity index (χ2n) is 6.97. The van der Waals surface area contributed by atoms with E-state index in [1.165, 1.54) is 10.8 Å². The Morgan fingerprint density at radius 3 is 2.14 bits per heavy atom. The van der Waals surface area contributed by atoms with Gasteiger partial charge in [-0.1, -0.05) is 44.0 Å². The molecule has 0 unspecified atom stereocenters. The second kappa shape index (κ2) is 7.03. The maximum absolute atomic E-state index is 10.9. The van der Waals surface area contributed by atoms with Crippen LogP contribution in [0.5, 0.6) is 0 Å². The lowest BCUT2D eigenvalue weighted by molar-refractivity contribution is 0.138. The molecule has 2 heterocycles. The molecule has 0 amide bonds. The molecule has 3 aromatic carbocycles. The van der Waals surface area contributed by atoms with E-state index in [1.807, 2.05) is 41.0 Å². The highest BCUT2D eigenvalue weighted by molar-refractivity contribution is 9.10. The number of aromatic nitrogens is 3. The van der Waals surface area contributed by atoms with Gasteiger partial charge in [0.1, 0.15) is 0 Å². The van der Waals surface area contributed by atoms with Crippen LogP contribution >= 0.6 is 31.9 Å². The van der Waals surface area contributed by atoms with Gasteiger partial charge < -0.3 is 14.2 Å². The van der Waals surface area contributed by atoms with Gasteiger partial charge in [0.05, 0.1) is 36.6 Å². The summed E-state index contributed by atoms with van der Waals surface area (Å²) in [5.74, 6) is 0. The van der Waals surface area contributed by atoms with Crippen molar-refractivity contribution in [1.82, 2.24) is 14.1 Å². The van der Waals surface area contributed by atoms with Crippen molar-refractivity contribution in [2.45, 2.75) is 19.2 Å². The predicted molar refractivity (Wildman–Crippen MR) is 121 cm³/mol. The molecule has 0 fully saturated rings. The summed E-state index contributed by atoms with van der Waals surface area (Å²) in [6.45, 7) is 1.00. The van der Waals surface area contributed by atoms with Crippen LogP contribution in [0.2, 0.25) is 0 Å². The molecule has 28 heavy (non-hydrogen) atoms. The van der Waals surface area contributed by atoms with E-state index >= 15 is 0 Å². The first kappa shape index (κ1) is 17.9. The van der Waals surface area contributed by atoms with E-state index in [4.69, 9.17) is 0 Å². The van der Waals surface area contributed by atoms with Gasteiger partial charge in [-0.25, -0.2) is 4.98 Å². The number of fused-ring (bicyclic) bond motifs is 4. The molecule has 0 spiro atoms. The fourth-order valence-electron chi connectivity index (χ4n) is 3.90. The number of aliphatic hydroxyl groups excluding tert-OH is 1. The summed E-state index contributed by atoms with van der Waals surface area (Å²) in [5, 5.41) is 13.2. The fraction of sp³-hybridized carbons (Fsp3) is 0.136. The molecule has 2 aromatic heterocycles. The number of hydrogen-bond acceptors (Lipinski definition) is 2. The molecule has 140 valence electrons. The van der Waals surface area contributed by atoms with Gasteiger partial charge in [-0.15, -0.1) is 0 Å². The number of para-hydroxylation sites is 2. The molecule has 0 aliphatic rings. The molecule has 0 aliphatic carbocycles. The highest BCUT2D eigenvalue weighted by atomic mass is 79.9. The Morgan fingerprint density at radius 2 is 1.46 bits per heavy atom. The van der Waals surface area contributed by atoms with Gasteiger partial charge >= 0.3 is 0 Å². The van der Waals surface area contributed by atoms with Crippen molar-refractivity contribution in [3.8, 4) is 0 Å². The minimum absolute atomic E-state index is 0.495. The third kappa shape index (κ3) is 3.05. The van der Waals surface area contributed by atoms with Crippen LogP contribution in [0.1, 0.15) is 0 Å². The van der Waals surface area contributed by atoms with E-state index in [-0.39, 0.29) is 0 Å². The van der Waals surface area contributed by atoms with Crippen molar-refractivity contribution in [3.05, 3.63) is 75.9 Å². The van der Waals surface area contributed by atoms with Gasteiger partial charge in [-0.2, -0.15) is 0 Å². The minimum Gasteiger partial charge on any atom is -0.389 e. The lowest BCUT2D eigenvalue weighted by Gasteiger charge is -2.15. The first-order chi connectivity index (χ1) is 13.6. The first-order valence-corrected chi connectivity index (χ1v) is 10.6. The second-order valence-corrected chi connectivity index (χ2v) is 8.80. The van der Waals surface area contributed by atoms with Crippen LogP contribution in [0, 0.1) is 0 Å². The summed E-state index contributed by atoms with van der Waals surface area (Å²) in [4.78, 5) is 4.42. The normalized spacial score (nSPS) is 13.0. The number of hydrogen-bond donors (Lipinski definition) is 1. The van der Waals surface area contributed by atoms with Crippen molar-refractivity contribution >= 4 is 64.7 Å². The monoisotopic (exact) mass is 497 g/mol. The lowest BCUT2D eigenvalue weighted by Crippen LogP contribution is -2.21. The van der Waals surface area contributed by atoms with Gasteiger partial charge in [-0.05, 0) is 48.5 Å². The summed E-state index contributed by atoms with van der Waals surface area (Å²) in [6.07, 6.45) is 1.26. The van der Waals surface area contributed by atoms with E-state index in [0.29, 0.717) is 13.1 Å². The molecular weight excluding hydrogens is 482 g/mol. The van der Waals surface area contributed by atoms with Gasteiger partial charge in [0.15, 0.2) is 0 Å². The molecule has 0 bridgehead atoms. The van der Waals surface area contributed by atoms with E-state index in [0.717, 1.165) is 31.0 Å². The molecule has 1 atom stereocenters. The largest absolute Gasteiger partial charge is 0.389 e. The van der Waals surface area contributed by atoms with E-state index in [2.05, 4.69) is 65.7 Å². The number of rotatable bonds is 4. The number of benzene rings is 3. The van der Waals surface area contributed by atoms with Crippen molar-refractivity contribution in [2.75, 3.05) is 0 Å².